The van der Waals surface area contributed by atoms with Gasteiger partial charge >= 0.3 is 11.9 Å². The van der Waals surface area contributed by atoms with Crippen LogP contribution in [0.25, 0.3) is 0 Å². The Morgan fingerprint density at radius 1 is 1.59 bits per heavy atom. The van der Waals surface area contributed by atoms with Crippen LogP contribution in [0, 0.1) is 0 Å². The lowest BCUT2D eigenvalue weighted by Gasteiger charge is -2.15. The van der Waals surface area contributed by atoms with Gasteiger partial charge in [-0.15, -0.1) is 0 Å². The topological polar surface area (TPSA) is 52.6 Å². The van der Waals surface area contributed by atoms with Crippen LogP contribution in [0.4, 0.5) is 0 Å². The molecule has 17 heavy (non-hydrogen) atoms. The van der Waals surface area contributed by atoms with Crippen molar-refractivity contribution in [1.82, 2.24) is 0 Å². The van der Waals surface area contributed by atoms with Gasteiger partial charge < -0.3 is 9.47 Å². The van der Waals surface area contributed by atoms with Crippen LogP contribution < -0.4 is 0 Å². The summed E-state index contributed by atoms with van der Waals surface area (Å²) in [6, 6.07) is 0. The molecule has 6 heteroatoms. The van der Waals surface area contributed by atoms with Crippen molar-refractivity contribution >= 4 is 43.8 Å². The molecule has 0 aliphatic carbocycles. The fourth-order valence-corrected chi connectivity index (χ4v) is 2.73. The van der Waals surface area contributed by atoms with E-state index in [2.05, 4.69) is 31.9 Å². The average molecular weight is 368 g/mol. The first-order chi connectivity index (χ1) is 8.01. The van der Waals surface area contributed by atoms with Crippen molar-refractivity contribution in [2.75, 3.05) is 0 Å². The van der Waals surface area contributed by atoms with Gasteiger partial charge in [0, 0.05) is 11.9 Å². The summed E-state index contributed by atoms with van der Waals surface area (Å²) >= 11 is 6.38. The molecule has 0 bridgehead atoms. The van der Waals surface area contributed by atoms with Crippen molar-refractivity contribution in [3.63, 3.8) is 0 Å². The molecule has 0 aromatic heterocycles. The van der Waals surface area contributed by atoms with Crippen LogP contribution in [0.2, 0.25) is 0 Å². The molecule has 0 saturated carbocycles. The summed E-state index contributed by atoms with van der Waals surface area (Å²) in [6.07, 6.45) is 0.807. The number of carbonyl (C=O) groups excluding carboxylic acids is 2. The molecule has 0 N–H and O–H groups in total. The molecular formula is C11H12Br2O4. The number of hydrogen-bond donors (Lipinski definition) is 0. The van der Waals surface area contributed by atoms with Gasteiger partial charge in [-0.2, -0.15) is 0 Å². The van der Waals surface area contributed by atoms with Crippen molar-refractivity contribution in [2.24, 2.45) is 0 Å². The van der Waals surface area contributed by atoms with E-state index in [9.17, 15) is 9.59 Å². The number of ether oxygens (including phenoxy) is 2. The van der Waals surface area contributed by atoms with Gasteiger partial charge in [-0.3, -0.25) is 4.79 Å². The summed E-state index contributed by atoms with van der Waals surface area (Å²) in [4.78, 5) is 24.2. The van der Waals surface area contributed by atoms with E-state index < -0.39 is 18.0 Å². The highest BCUT2D eigenvalue weighted by atomic mass is 79.9. The van der Waals surface area contributed by atoms with Crippen molar-refractivity contribution < 1.29 is 19.1 Å². The molecule has 1 atom stereocenters. The van der Waals surface area contributed by atoms with Gasteiger partial charge in [0.05, 0.1) is 10.1 Å². The van der Waals surface area contributed by atoms with Gasteiger partial charge in [0.2, 0.25) is 0 Å². The molecule has 0 spiro atoms. The molecule has 1 heterocycles. The Bertz CT molecular complexity index is 398. The van der Waals surface area contributed by atoms with Crippen molar-refractivity contribution in [2.45, 2.75) is 32.8 Å². The number of allylic oxidation sites excluding steroid dienone is 1. The maximum atomic E-state index is 11.7. The lowest BCUT2D eigenvalue weighted by molar-refractivity contribution is -0.146. The maximum Gasteiger partial charge on any atom is 0.344 e. The summed E-state index contributed by atoms with van der Waals surface area (Å²) in [6.45, 7) is 3.27. The van der Waals surface area contributed by atoms with Gasteiger partial charge in [-0.25, -0.2) is 4.79 Å². The Morgan fingerprint density at radius 2 is 2.24 bits per heavy atom. The second kappa shape index (κ2) is 6.35. The fraction of sp³-hybridized carbons (Fsp3) is 0.455. The standard InChI is InChI=1S/C11H12Br2O4/c1-3-4-7(16-6(2)14)9-10(13)8(5-12)17-11(9)15/h5,7H,3-4H2,1-2H3/b8-5-/t7-/m1/s1. The van der Waals surface area contributed by atoms with E-state index in [-0.39, 0.29) is 0 Å². The average Bonchev–Trinajstić information content (AvgIpc) is 2.52. The smallest absolute Gasteiger partial charge is 0.344 e. The Hall–Kier alpha value is -0.620. The summed E-state index contributed by atoms with van der Waals surface area (Å²) in [5, 5.41) is 0. The van der Waals surface area contributed by atoms with Crippen molar-refractivity contribution in [3.8, 4) is 0 Å². The van der Waals surface area contributed by atoms with Gasteiger partial charge in [0.1, 0.15) is 6.10 Å². The highest BCUT2D eigenvalue weighted by Gasteiger charge is 2.35. The second-order valence-electron chi connectivity index (χ2n) is 3.48. The third-order valence-corrected chi connectivity index (χ3v) is 3.39. The highest BCUT2D eigenvalue weighted by Crippen LogP contribution is 2.35. The predicted octanol–water partition coefficient (Wildman–Crippen LogP) is 3.16. The van der Waals surface area contributed by atoms with Gasteiger partial charge in [0.15, 0.2) is 5.76 Å². The Balaban J connectivity index is 3.04. The molecule has 0 aromatic rings. The van der Waals surface area contributed by atoms with E-state index in [0.29, 0.717) is 22.2 Å². The number of carbonyl (C=O) groups is 2. The van der Waals surface area contributed by atoms with Gasteiger partial charge in [0.25, 0.3) is 0 Å². The molecule has 0 fully saturated rings. The molecule has 0 unspecified atom stereocenters. The Labute approximate surface area is 116 Å². The summed E-state index contributed by atoms with van der Waals surface area (Å²) in [5.74, 6) is -0.513. The predicted molar refractivity (Wildman–Crippen MR) is 69.5 cm³/mol. The SMILES string of the molecule is CCC[C@@H](OC(C)=O)C1=C(Br)/C(=C/Br)OC1=O. The first kappa shape index (κ1) is 14.4. The van der Waals surface area contributed by atoms with Crippen LogP contribution in [-0.4, -0.2) is 18.0 Å². The lowest BCUT2D eigenvalue weighted by Crippen LogP contribution is -2.22. The third kappa shape index (κ3) is 3.42. The summed E-state index contributed by atoms with van der Waals surface area (Å²) < 4.78 is 10.7. The Kier molecular flexibility index (Phi) is 5.39. The summed E-state index contributed by atoms with van der Waals surface area (Å²) in [7, 11) is 0. The minimum atomic E-state index is -0.565. The maximum absolute atomic E-state index is 11.7. The van der Waals surface area contributed by atoms with Gasteiger partial charge in [-0.05, 0) is 22.4 Å². The molecular weight excluding hydrogens is 356 g/mol. The summed E-state index contributed by atoms with van der Waals surface area (Å²) in [5.41, 5.74) is 0.354. The fourth-order valence-electron chi connectivity index (χ4n) is 1.49. The van der Waals surface area contributed by atoms with Crippen molar-refractivity contribution in [3.05, 3.63) is 20.8 Å². The van der Waals surface area contributed by atoms with E-state index in [1.165, 1.54) is 11.9 Å². The van der Waals surface area contributed by atoms with Crippen LogP contribution in [0.3, 0.4) is 0 Å². The van der Waals surface area contributed by atoms with Crippen LogP contribution >= 0.6 is 31.9 Å². The Morgan fingerprint density at radius 3 is 2.65 bits per heavy atom. The zero-order chi connectivity index (χ0) is 13.0. The first-order valence-corrected chi connectivity index (χ1v) is 6.81. The van der Waals surface area contributed by atoms with E-state index in [0.717, 1.165) is 6.42 Å². The van der Waals surface area contributed by atoms with Crippen LogP contribution in [0.15, 0.2) is 20.8 Å². The van der Waals surface area contributed by atoms with E-state index in [1.807, 2.05) is 6.92 Å². The molecule has 1 aliphatic rings. The molecule has 1 rings (SSSR count). The number of hydrogen-bond acceptors (Lipinski definition) is 4. The quantitative estimate of drug-likeness (QED) is 0.716. The number of halogens is 2. The molecule has 4 nitrogen and oxygen atoms in total. The highest BCUT2D eigenvalue weighted by molar-refractivity contribution is 9.12. The molecule has 94 valence electrons. The first-order valence-electron chi connectivity index (χ1n) is 5.11. The number of esters is 2. The van der Waals surface area contributed by atoms with Crippen molar-refractivity contribution in [1.29, 1.82) is 0 Å². The van der Waals surface area contributed by atoms with Crippen LogP contribution in [0.1, 0.15) is 26.7 Å². The zero-order valence-electron chi connectivity index (χ0n) is 9.46. The van der Waals surface area contributed by atoms with E-state index in [1.54, 1.807) is 0 Å². The van der Waals surface area contributed by atoms with E-state index >= 15 is 0 Å². The number of rotatable bonds is 4. The van der Waals surface area contributed by atoms with E-state index in [4.69, 9.17) is 9.47 Å². The zero-order valence-corrected chi connectivity index (χ0v) is 12.6. The monoisotopic (exact) mass is 366 g/mol. The minimum Gasteiger partial charge on any atom is -0.457 e. The normalized spacial score (nSPS) is 19.5. The lowest BCUT2D eigenvalue weighted by atomic mass is 10.1. The molecule has 0 saturated heterocycles. The molecule has 0 radical (unpaired) electrons. The van der Waals surface area contributed by atoms with Crippen LogP contribution in [0.5, 0.6) is 0 Å². The second-order valence-corrected chi connectivity index (χ2v) is 4.73. The van der Waals surface area contributed by atoms with Gasteiger partial charge in [-0.1, -0.05) is 29.3 Å². The number of cyclic esters (lactones) is 1. The third-order valence-electron chi connectivity index (χ3n) is 2.16. The molecule has 0 aromatic carbocycles. The largest absolute Gasteiger partial charge is 0.457 e. The molecule has 0 amide bonds. The molecule has 1 aliphatic heterocycles. The van der Waals surface area contributed by atoms with Crippen LogP contribution in [-0.2, 0) is 19.1 Å². The minimum absolute atomic E-state index is 0.354.